The monoisotopic (exact) mass is 272 g/mol. The Labute approximate surface area is 106 Å². The number of benzene rings is 1. The first kappa shape index (κ1) is 12.6. The minimum Gasteiger partial charge on any atom is -0.300 e. The maximum absolute atomic E-state index is 12.2. The van der Waals surface area contributed by atoms with Crippen molar-refractivity contribution in [2.24, 2.45) is 0 Å². The molecule has 2 rings (SSSR count). The Morgan fingerprint density at radius 1 is 1.18 bits per heavy atom. The lowest BCUT2D eigenvalue weighted by Gasteiger charge is -2.20. The fourth-order valence-electron chi connectivity index (χ4n) is 2.07. The van der Waals surface area contributed by atoms with E-state index in [0.717, 1.165) is 0 Å². The number of sulfone groups is 1. The minimum atomic E-state index is -3.39. The van der Waals surface area contributed by atoms with Crippen molar-refractivity contribution in [1.29, 1.82) is 0 Å². The van der Waals surface area contributed by atoms with Crippen LogP contribution < -0.4 is 0 Å². The number of carbonyl (C=O) groups excluding carboxylic acids is 1. The van der Waals surface area contributed by atoms with Crippen molar-refractivity contribution in [3.63, 3.8) is 0 Å². The smallest absolute Gasteiger partial charge is 0.181 e. The number of hydrogen-bond acceptors (Lipinski definition) is 3. The highest BCUT2D eigenvalue weighted by molar-refractivity contribution is 7.92. The Morgan fingerprint density at radius 3 is 2.41 bits per heavy atom. The maximum Gasteiger partial charge on any atom is 0.181 e. The maximum atomic E-state index is 12.2. The molecule has 1 aromatic rings. The number of Topliss-reactive ketones (excluding diaryl/α,β-unsaturated/α-hetero) is 1. The van der Waals surface area contributed by atoms with Crippen LogP contribution in [0.25, 0.3) is 0 Å². The van der Waals surface area contributed by atoms with Crippen molar-refractivity contribution < 1.29 is 13.2 Å². The second kappa shape index (κ2) is 4.78. The highest BCUT2D eigenvalue weighted by Crippen LogP contribution is 2.27. The molecule has 1 aliphatic carbocycles. The minimum absolute atomic E-state index is 0.0405. The van der Waals surface area contributed by atoms with Crippen LogP contribution in [0, 0.1) is 0 Å². The van der Waals surface area contributed by atoms with Crippen molar-refractivity contribution in [3.05, 3.63) is 29.3 Å². The molecule has 0 saturated heterocycles. The lowest BCUT2D eigenvalue weighted by atomic mass is 9.99. The predicted octanol–water partition coefficient (Wildman–Crippen LogP) is 2.63. The normalized spacial score (nSPS) is 21.5. The Morgan fingerprint density at radius 2 is 1.82 bits per heavy atom. The Balaban J connectivity index is 2.29. The van der Waals surface area contributed by atoms with Crippen LogP contribution >= 0.6 is 11.6 Å². The van der Waals surface area contributed by atoms with E-state index >= 15 is 0 Å². The van der Waals surface area contributed by atoms with E-state index in [1.165, 1.54) is 12.1 Å². The Hall–Kier alpha value is -0.870. The van der Waals surface area contributed by atoms with Crippen molar-refractivity contribution in [2.75, 3.05) is 0 Å². The quantitative estimate of drug-likeness (QED) is 0.832. The molecule has 1 aliphatic rings. The van der Waals surface area contributed by atoms with Gasteiger partial charge >= 0.3 is 0 Å². The zero-order chi connectivity index (χ0) is 12.5. The van der Waals surface area contributed by atoms with E-state index in [0.29, 0.717) is 24.3 Å². The van der Waals surface area contributed by atoms with E-state index in [-0.39, 0.29) is 17.1 Å². The van der Waals surface area contributed by atoms with Crippen LogP contribution in [0.3, 0.4) is 0 Å². The van der Waals surface area contributed by atoms with Crippen LogP contribution in [0.4, 0.5) is 0 Å². The molecule has 0 aliphatic heterocycles. The second-order valence-corrected chi connectivity index (χ2v) is 6.92. The zero-order valence-corrected chi connectivity index (χ0v) is 10.8. The highest BCUT2D eigenvalue weighted by Gasteiger charge is 2.31. The van der Waals surface area contributed by atoms with Gasteiger partial charge in [0.05, 0.1) is 10.1 Å². The summed E-state index contributed by atoms with van der Waals surface area (Å²) in [6, 6.07) is 6.10. The van der Waals surface area contributed by atoms with Crippen molar-refractivity contribution in [1.82, 2.24) is 0 Å². The van der Waals surface area contributed by atoms with Gasteiger partial charge in [-0.3, -0.25) is 4.79 Å². The van der Waals surface area contributed by atoms with Gasteiger partial charge in [0.25, 0.3) is 0 Å². The van der Waals surface area contributed by atoms with Crippen LogP contribution in [0.5, 0.6) is 0 Å². The molecule has 1 fully saturated rings. The first-order chi connectivity index (χ1) is 8.00. The third kappa shape index (κ3) is 2.69. The van der Waals surface area contributed by atoms with Gasteiger partial charge in [-0.2, -0.15) is 0 Å². The molecule has 1 atom stereocenters. The number of rotatable bonds is 2. The lowest BCUT2D eigenvalue weighted by Crippen LogP contribution is -2.28. The number of ketones is 1. The molecule has 3 nitrogen and oxygen atoms in total. The lowest BCUT2D eigenvalue weighted by molar-refractivity contribution is -0.120. The summed E-state index contributed by atoms with van der Waals surface area (Å²) in [5, 5.41) is -0.0615. The van der Waals surface area contributed by atoms with Crippen LogP contribution in [-0.2, 0) is 14.6 Å². The molecule has 92 valence electrons. The van der Waals surface area contributed by atoms with E-state index in [1.807, 2.05) is 0 Å². The summed E-state index contributed by atoms with van der Waals surface area (Å²) >= 11 is 5.72. The molecular weight excluding hydrogens is 260 g/mol. The standard InChI is InChI=1S/C12H13ClO3S/c13-9-4-6-11(7-5-9)17(15,16)12-3-1-2-10(14)8-12/h4-7,12H,1-3,8H2. The first-order valence-corrected chi connectivity index (χ1v) is 7.44. The second-order valence-electron chi connectivity index (χ2n) is 4.26. The summed E-state index contributed by atoms with van der Waals surface area (Å²) in [6.45, 7) is 0. The number of carbonyl (C=O) groups is 1. The average molecular weight is 273 g/mol. The topological polar surface area (TPSA) is 51.2 Å². The summed E-state index contributed by atoms with van der Waals surface area (Å²) in [4.78, 5) is 11.6. The number of halogens is 1. The van der Waals surface area contributed by atoms with Crippen LogP contribution in [0.2, 0.25) is 5.02 Å². The molecule has 0 aromatic heterocycles. The van der Waals surface area contributed by atoms with E-state index < -0.39 is 15.1 Å². The van der Waals surface area contributed by atoms with E-state index in [4.69, 9.17) is 11.6 Å². The zero-order valence-electron chi connectivity index (χ0n) is 9.23. The third-order valence-electron chi connectivity index (χ3n) is 3.02. The fourth-order valence-corrected chi connectivity index (χ4v) is 3.98. The van der Waals surface area contributed by atoms with Crippen molar-refractivity contribution in [2.45, 2.75) is 35.8 Å². The van der Waals surface area contributed by atoms with E-state index in [9.17, 15) is 13.2 Å². The van der Waals surface area contributed by atoms with Crippen LogP contribution in [-0.4, -0.2) is 19.5 Å². The van der Waals surface area contributed by atoms with Gasteiger partial charge in [-0.25, -0.2) is 8.42 Å². The van der Waals surface area contributed by atoms with Crippen molar-refractivity contribution in [3.8, 4) is 0 Å². The van der Waals surface area contributed by atoms with Crippen LogP contribution in [0.15, 0.2) is 29.2 Å². The summed E-state index contributed by atoms with van der Waals surface area (Å²) in [7, 11) is -3.39. The molecule has 17 heavy (non-hydrogen) atoms. The molecule has 0 spiro atoms. The molecule has 1 unspecified atom stereocenters. The van der Waals surface area contributed by atoms with Gasteiger partial charge in [0.15, 0.2) is 9.84 Å². The fraction of sp³-hybridized carbons (Fsp3) is 0.417. The molecule has 1 saturated carbocycles. The van der Waals surface area contributed by atoms with Crippen molar-refractivity contribution >= 4 is 27.2 Å². The van der Waals surface area contributed by atoms with Crippen LogP contribution in [0.1, 0.15) is 25.7 Å². The molecule has 0 radical (unpaired) electrons. The predicted molar refractivity (Wildman–Crippen MR) is 65.9 cm³/mol. The molecule has 0 heterocycles. The SMILES string of the molecule is O=C1CCCC(S(=O)(=O)c2ccc(Cl)cc2)C1. The van der Waals surface area contributed by atoms with Gasteiger partial charge in [-0.1, -0.05) is 11.6 Å². The largest absolute Gasteiger partial charge is 0.300 e. The van der Waals surface area contributed by atoms with Gasteiger partial charge in [-0.05, 0) is 37.1 Å². The molecular formula is C12H13ClO3S. The molecule has 0 N–H and O–H groups in total. The number of hydrogen-bond donors (Lipinski definition) is 0. The van der Waals surface area contributed by atoms with Gasteiger partial charge in [0.2, 0.25) is 0 Å². The molecule has 0 bridgehead atoms. The summed E-state index contributed by atoms with van der Waals surface area (Å²) < 4.78 is 24.5. The Kier molecular flexibility index (Phi) is 3.54. The Bertz CT molecular complexity index is 519. The van der Waals surface area contributed by atoms with Gasteiger partial charge < -0.3 is 0 Å². The molecule has 1 aromatic carbocycles. The van der Waals surface area contributed by atoms with E-state index in [1.54, 1.807) is 12.1 Å². The third-order valence-corrected chi connectivity index (χ3v) is 5.48. The van der Waals surface area contributed by atoms with Gasteiger partial charge in [0.1, 0.15) is 5.78 Å². The van der Waals surface area contributed by atoms with Gasteiger partial charge in [-0.15, -0.1) is 0 Å². The van der Waals surface area contributed by atoms with E-state index in [2.05, 4.69) is 0 Å². The summed E-state index contributed by atoms with van der Waals surface area (Å²) in [5.74, 6) is 0.0405. The molecule has 0 amide bonds. The average Bonchev–Trinajstić information content (AvgIpc) is 2.29. The van der Waals surface area contributed by atoms with Gasteiger partial charge in [0, 0.05) is 17.9 Å². The summed E-state index contributed by atoms with van der Waals surface area (Å²) in [6.07, 6.45) is 1.88. The summed E-state index contributed by atoms with van der Waals surface area (Å²) in [5.41, 5.74) is 0. The highest BCUT2D eigenvalue weighted by atomic mass is 35.5. The first-order valence-electron chi connectivity index (χ1n) is 5.51. The molecule has 5 heteroatoms.